The molecule has 0 aromatic rings. The molecule has 1 saturated heterocycles. The highest BCUT2D eigenvalue weighted by Gasteiger charge is 2.21. The Morgan fingerprint density at radius 2 is 1.93 bits per heavy atom. The largest absolute Gasteiger partial charge is 0.315 e. The fraction of sp³-hybridized carbons (Fsp3) is 1.00. The minimum atomic E-state index is 0.715. The Morgan fingerprint density at radius 1 is 1.27 bits per heavy atom. The molecule has 0 bridgehead atoms. The van der Waals surface area contributed by atoms with Crippen LogP contribution in [0.5, 0.6) is 0 Å². The fourth-order valence-electron chi connectivity index (χ4n) is 2.57. The Hall–Kier alpha value is -0.0800. The summed E-state index contributed by atoms with van der Waals surface area (Å²) in [4.78, 5) is 2.65. The third kappa shape index (κ3) is 4.52. The number of hydrogen-bond donors (Lipinski definition) is 1. The molecule has 0 saturated carbocycles. The Labute approximate surface area is 95.4 Å². The van der Waals surface area contributed by atoms with E-state index in [1.54, 1.807) is 0 Å². The van der Waals surface area contributed by atoms with Gasteiger partial charge in [-0.1, -0.05) is 26.7 Å². The summed E-state index contributed by atoms with van der Waals surface area (Å²) >= 11 is 0. The monoisotopic (exact) mass is 212 g/mol. The van der Waals surface area contributed by atoms with E-state index >= 15 is 0 Å². The quantitative estimate of drug-likeness (QED) is 0.728. The van der Waals surface area contributed by atoms with Gasteiger partial charge in [-0.25, -0.2) is 0 Å². The summed E-state index contributed by atoms with van der Waals surface area (Å²) in [6.07, 6.45) is 5.64. The number of likely N-dealkylation sites (tertiary alicyclic amines) is 1. The van der Waals surface area contributed by atoms with Crippen LogP contribution < -0.4 is 5.32 Å². The summed E-state index contributed by atoms with van der Waals surface area (Å²) < 4.78 is 0. The maximum atomic E-state index is 3.44. The summed E-state index contributed by atoms with van der Waals surface area (Å²) in [5.41, 5.74) is 0. The molecule has 0 spiro atoms. The standard InChI is InChI=1S/C13H28N2/c1-4-6-13-7-9-15(10-8-13)12(3)11-14-5-2/h12-14H,4-11H2,1-3H3. The molecule has 0 aliphatic carbocycles. The number of piperidine rings is 1. The van der Waals surface area contributed by atoms with Crippen LogP contribution in [0.15, 0.2) is 0 Å². The molecule has 1 unspecified atom stereocenters. The van der Waals surface area contributed by atoms with Crippen molar-refractivity contribution in [1.82, 2.24) is 10.2 Å². The van der Waals surface area contributed by atoms with E-state index in [0.29, 0.717) is 6.04 Å². The molecule has 1 aliphatic rings. The first-order valence-corrected chi connectivity index (χ1v) is 6.72. The van der Waals surface area contributed by atoms with Gasteiger partial charge in [0, 0.05) is 12.6 Å². The van der Waals surface area contributed by atoms with Crippen LogP contribution in [0.3, 0.4) is 0 Å². The zero-order valence-corrected chi connectivity index (χ0v) is 10.8. The second-order valence-electron chi connectivity index (χ2n) is 4.92. The second kappa shape index (κ2) is 7.24. The van der Waals surface area contributed by atoms with Crippen LogP contribution in [0.4, 0.5) is 0 Å². The van der Waals surface area contributed by atoms with E-state index in [9.17, 15) is 0 Å². The van der Waals surface area contributed by atoms with Crippen LogP contribution in [0.1, 0.15) is 46.5 Å². The van der Waals surface area contributed by atoms with Crippen LogP contribution in [0.2, 0.25) is 0 Å². The van der Waals surface area contributed by atoms with Crippen molar-refractivity contribution in [2.45, 2.75) is 52.5 Å². The smallest absolute Gasteiger partial charge is 0.0192 e. The summed E-state index contributed by atoms with van der Waals surface area (Å²) in [7, 11) is 0. The second-order valence-corrected chi connectivity index (χ2v) is 4.92. The van der Waals surface area contributed by atoms with Gasteiger partial charge in [0.2, 0.25) is 0 Å². The molecule has 0 amide bonds. The molecule has 0 aromatic heterocycles. The van der Waals surface area contributed by atoms with Gasteiger partial charge in [-0.3, -0.25) is 4.90 Å². The van der Waals surface area contributed by atoms with Crippen molar-refractivity contribution < 1.29 is 0 Å². The van der Waals surface area contributed by atoms with Gasteiger partial charge in [-0.05, 0) is 45.3 Å². The van der Waals surface area contributed by atoms with E-state index < -0.39 is 0 Å². The van der Waals surface area contributed by atoms with E-state index in [1.807, 2.05) is 0 Å². The molecule has 1 fully saturated rings. The van der Waals surface area contributed by atoms with Crippen LogP contribution in [-0.4, -0.2) is 37.1 Å². The Bertz CT molecular complexity index is 151. The Morgan fingerprint density at radius 3 is 2.47 bits per heavy atom. The maximum absolute atomic E-state index is 3.44. The van der Waals surface area contributed by atoms with E-state index in [2.05, 4.69) is 31.0 Å². The third-order valence-electron chi connectivity index (χ3n) is 3.66. The van der Waals surface area contributed by atoms with Crippen molar-refractivity contribution >= 4 is 0 Å². The number of nitrogens with zero attached hydrogens (tertiary/aromatic N) is 1. The summed E-state index contributed by atoms with van der Waals surface area (Å²) in [5.74, 6) is 1.01. The van der Waals surface area contributed by atoms with E-state index in [4.69, 9.17) is 0 Å². The van der Waals surface area contributed by atoms with Crippen LogP contribution in [0.25, 0.3) is 0 Å². The SMILES string of the molecule is CCCC1CCN(C(C)CNCC)CC1. The Kier molecular flexibility index (Phi) is 6.26. The molecule has 90 valence electrons. The van der Waals surface area contributed by atoms with Gasteiger partial charge in [-0.15, -0.1) is 0 Å². The molecule has 1 aliphatic heterocycles. The van der Waals surface area contributed by atoms with Gasteiger partial charge in [-0.2, -0.15) is 0 Å². The number of nitrogens with one attached hydrogen (secondary N) is 1. The van der Waals surface area contributed by atoms with Crippen molar-refractivity contribution in [1.29, 1.82) is 0 Å². The first kappa shape index (κ1) is 13.0. The van der Waals surface area contributed by atoms with E-state index in [0.717, 1.165) is 19.0 Å². The van der Waals surface area contributed by atoms with Crippen LogP contribution >= 0.6 is 0 Å². The summed E-state index contributed by atoms with van der Waals surface area (Å²) in [6.45, 7) is 11.7. The molecule has 2 heteroatoms. The lowest BCUT2D eigenvalue weighted by molar-refractivity contribution is 0.135. The molecule has 2 nitrogen and oxygen atoms in total. The highest BCUT2D eigenvalue weighted by atomic mass is 15.2. The van der Waals surface area contributed by atoms with Gasteiger partial charge in [0.25, 0.3) is 0 Å². The predicted molar refractivity (Wildman–Crippen MR) is 67.2 cm³/mol. The van der Waals surface area contributed by atoms with Crippen molar-refractivity contribution in [3.05, 3.63) is 0 Å². The van der Waals surface area contributed by atoms with Crippen molar-refractivity contribution in [3.63, 3.8) is 0 Å². The maximum Gasteiger partial charge on any atom is 0.0192 e. The number of rotatable bonds is 6. The Balaban J connectivity index is 2.18. The van der Waals surface area contributed by atoms with Gasteiger partial charge < -0.3 is 5.32 Å². The normalized spacial score (nSPS) is 21.8. The number of hydrogen-bond acceptors (Lipinski definition) is 2. The highest BCUT2D eigenvalue weighted by Crippen LogP contribution is 2.22. The molecule has 0 aromatic carbocycles. The molecular weight excluding hydrogens is 184 g/mol. The summed E-state index contributed by atoms with van der Waals surface area (Å²) in [5, 5.41) is 3.44. The molecule has 1 rings (SSSR count). The lowest BCUT2D eigenvalue weighted by Crippen LogP contribution is -2.44. The first-order chi connectivity index (χ1) is 7.27. The molecule has 1 atom stereocenters. The molecular formula is C13H28N2. The molecule has 1 N–H and O–H groups in total. The summed E-state index contributed by atoms with van der Waals surface area (Å²) in [6, 6.07) is 0.715. The molecule has 15 heavy (non-hydrogen) atoms. The van der Waals surface area contributed by atoms with Crippen LogP contribution in [-0.2, 0) is 0 Å². The van der Waals surface area contributed by atoms with Crippen molar-refractivity contribution in [2.75, 3.05) is 26.2 Å². The van der Waals surface area contributed by atoms with Gasteiger partial charge in [0.05, 0.1) is 0 Å². The number of likely N-dealkylation sites (N-methyl/N-ethyl adjacent to an activating group) is 1. The lowest BCUT2D eigenvalue weighted by atomic mass is 9.92. The van der Waals surface area contributed by atoms with Crippen molar-refractivity contribution in [2.24, 2.45) is 5.92 Å². The van der Waals surface area contributed by atoms with Gasteiger partial charge >= 0.3 is 0 Å². The zero-order chi connectivity index (χ0) is 11.1. The highest BCUT2D eigenvalue weighted by molar-refractivity contribution is 4.77. The molecule has 0 radical (unpaired) electrons. The van der Waals surface area contributed by atoms with Gasteiger partial charge in [0.15, 0.2) is 0 Å². The molecule has 1 heterocycles. The van der Waals surface area contributed by atoms with Crippen molar-refractivity contribution in [3.8, 4) is 0 Å². The fourth-order valence-corrected chi connectivity index (χ4v) is 2.57. The topological polar surface area (TPSA) is 15.3 Å². The predicted octanol–water partition coefficient (Wildman–Crippen LogP) is 2.50. The zero-order valence-electron chi connectivity index (χ0n) is 10.8. The average molecular weight is 212 g/mol. The van der Waals surface area contributed by atoms with Gasteiger partial charge in [0.1, 0.15) is 0 Å². The lowest BCUT2D eigenvalue weighted by Gasteiger charge is -2.36. The van der Waals surface area contributed by atoms with E-state index in [1.165, 1.54) is 38.8 Å². The minimum Gasteiger partial charge on any atom is -0.315 e. The average Bonchev–Trinajstić information content (AvgIpc) is 2.27. The van der Waals surface area contributed by atoms with Crippen LogP contribution in [0, 0.1) is 5.92 Å². The first-order valence-electron chi connectivity index (χ1n) is 6.72. The third-order valence-corrected chi connectivity index (χ3v) is 3.66. The van der Waals surface area contributed by atoms with E-state index in [-0.39, 0.29) is 0 Å². The minimum absolute atomic E-state index is 0.715.